The third-order valence-electron chi connectivity index (χ3n) is 3.32. The molecule has 0 radical (unpaired) electrons. The van der Waals surface area contributed by atoms with E-state index in [0.29, 0.717) is 22.0 Å². The molecule has 3 aromatic rings. The summed E-state index contributed by atoms with van der Waals surface area (Å²) >= 11 is 1.35. The SMILES string of the molecule is CCc1nn2c(=O)cc(COC(=O)c3ccc(OC)cc3)nc2s1. The van der Waals surface area contributed by atoms with E-state index >= 15 is 0 Å². The number of rotatable bonds is 5. The van der Waals surface area contributed by atoms with Gasteiger partial charge in [-0.05, 0) is 30.7 Å². The molecule has 124 valence electrons. The van der Waals surface area contributed by atoms with Crippen LogP contribution in [0, 0.1) is 0 Å². The molecule has 0 N–H and O–H groups in total. The molecule has 2 heterocycles. The number of hydrogen-bond donors (Lipinski definition) is 0. The molecule has 1 aromatic carbocycles. The zero-order chi connectivity index (χ0) is 17.1. The van der Waals surface area contributed by atoms with Gasteiger partial charge in [0.05, 0.1) is 18.4 Å². The van der Waals surface area contributed by atoms with E-state index in [2.05, 4.69) is 10.1 Å². The van der Waals surface area contributed by atoms with Gasteiger partial charge < -0.3 is 9.47 Å². The van der Waals surface area contributed by atoms with Crippen LogP contribution in [0.5, 0.6) is 5.75 Å². The minimum Gasteiger partial charge on any atom is -0.497 e. The molecule has 0 aliphatic carbocycles. The highest BCUT2D eigenvalue weighted by molar-refractivity contribution is 7.16. The van der Waals surface area contributed by atoms with Crippen molar-refractivity contribution in [3.63, 3.8) is 0 Å². The van der Waals surface area contributed by atoms with Crippen molar-refractivity contribution in [2.45, 2.75) is 20.0 Å². The molecule has 0 spiro atoms. The summed E-state index contributed by atoms with van der Waals surface area (Å²) < 4.78 is 11.5. The second-order valence-electron chi connectivity index (χ2n) is 4.93. The molecule has 0 saturated heterocycles. The maximum absolute atomic E-state index is 12.0. The number of nitrogens with zero attached hydrogens (tertiary/aromatic N) is 3. The third kappa shape index (κ3) is 3.28. The molecule has 0 fully saturated rings. The number of hydrogen-bond acceptors (Lipinski definition) is 7. The molecule has 2 aromatic heterocycles. The molecular weight excluding hydrogens is 330 g/mol. The van der Waals surface area contributed by atoms with Crippen LogP contribution in [0.25, 0.3) is 4.96 Å². The predicted octanol–water partition coefficient (Wildman–Crippen LogP) is 2.08. The number of aryl methyl sites for hydroxylation is 1. The van der Waals surface area contributed by atoms with Gasteiger partial charge in [0, 0.05) is 6.07 Å². The fourth-order valence-electron chi connectivity index (χ4n) is 2.06. The summed E-state index contributed by atoms with van der Waals surface area (Å²) in [7, 11) is 1.55. The van der Waals surface area contributed by atoms with Gasteiger partial charge >= 0.3 is 5.97 Å². The van der Waals surface area contributed by atoms with Gasteiger partial charge in [-0.15, -0.1) is 0 Å². The second-order valence-corrected chi connectivity index (χ2v) is 5.97. The minimum absolute atomic E-state index is 0.0735. The normalized spacial score (nSPS) is 10.8. The Morgan fingerprint density at radius 1 is 1.29 bits per heavy atom. The van der Waals surface area contributed by atoms with Crippen molar-refractivity contribution in [3.05, 3.63) is 57.0 Å². The van der Waals surface area contributed by atoms with E-state index < -0.39 is 5.97 Å². The molecule has 0 amide bonds. The summed E-state index contributed by atoms with van der Waals surface area (Å²) in [6.45, 7) is 1.89. The lowest BCUT2D eigenvalue weighted by atomic mass is 10.2. The summed E-state index contributed by atoms with van der Waals surface area (Å²) in [5.74, 6) is 0.168. The monoisotopic (exact) mass is 345 g/mol. The van der Waals surface area contributed by atoms with Crippen LogP contribution in [0.15, 0.2) is 35.1 Å². The van der Waals surface area contributed by atoms with Crippen LogP contribution in [-0.4, -0.2) is 27.7 Å². The summed E-state index contributed by atoms with van der Waals surface area (Å²) in [4.78, 5) is 28.9. The number of carbonyl (C=O) groups is 1. The van der Waals surface area contributed by atoms with E-state index in [1.54, 1.807) is 31.4 Å². The van der Waals surface area contributed by atoms with Crippen molar-refractivity contribution in [1.29, 1.82) is 0 Å². The molecule has 8 heteroatoms. The zero-order valence-electron chi connectivity index (χ0n) is 13.2. The van der Waals surface area contributed by atoms with E-state index in [-0.39, 0.29) is 12.2 Å². The van der Waals surface area contributed by atoms with Crippen LogP contribution in [0.2, 0.25) is 0 Å². The van der Waals surface area contributed by atoms with E-state index in [1.807, 2.05) is 6.92 Å². The molecule has 0 unspecified atom stereocenters. The average Bonchev–Trinajstić information content (AvgIpc) is 3.03. The predicted molar refractivity (Wildman–Crippen MR) is 88.6 cm³/mol. The van der Waals surface area contributed by atoms with Gasteiger partial charge in [0.2, 0.25) is 4.96 Å². The van der Waals surface area contributed by atoms with Crippen LogP contribution >= 0.6 is 11.3 Å². The first-order valence-electron chi connectivity index (χ1n) is 7.30. The molecule has 3 rings (SSSR count). The standard InChI is InChI=1S/C16H15N3O4S/c1-3-13-18-19-14(20)8-11(17-16(19)24-13)9-23-15(21)10-4-6-12(22-2)7-5-10/h4-8H,3,9H2,1-2H3. The number of benzene rings is 1. The Balaban J connectivity index is 1.74. The van der Waals surface area contributed by atoms with E-state index in [0.717, 1.165) is 11.4 Å². The highest BCUT2D eigenvalue weighted by atomic mass is 32.1. The van der Waals surface area contributed by atoms with E-state index in [1.165, 1.54) is 21.9 Å². The van der Waals surface area contributed by atoms with Crippen LogP contribution in [0.3, 0.4) is 0 Å². The number of esters is 1. The number of ether oxygens (including phenoxy) is 2. The third-order valence-corrected chi connectivity index (χ3v) is 4.37. The van der Waals surface area contributed by atoms with Crippen molar-refractivity contribution in [2.75, 3.05) is 7.11 Å². The van der Waals surface area contributed by atoms with Crippen LogP contribution in [-0.2, 0) is 17.8 Å². The average molecular weight is 345 g/mol. The van der Waals surface area contributed by atoms with Crippen molar-refractivity contribution in [3.8, 4) is 5.75 Å². The smallest absolute Gasteiger partial charge is 0.338 e. The first kappa shape index (κ1) is 16.1. The fourth-order valence-corrected chi connectivity index (χ4v) is 2.92. The Hall–Kier alpha value is -2.74. The van der Waals surface area contributed by atoms with Crippen molar-refractivity contribution >= 4 is 22.3 Å². The first-order valence-corrected chi connectivity index (χ1v) is 8.12. The van der Waals surface area contributed by atoms with Gasteiger partial charge in [0.1, 0.15) is 17.4 Å². The van der Waals surface area contributed by atoms with E-state index in [9.17, 15) is 9.59 Å². The molecule has 0 bridgehead atoms. The van der Waals surface area contributed by atoms with Gasteiger partial charge in [-0.3, -0.25) is 4.79 Å². The van der Waals surface area contributed by atoms with Crippen molar-refractivity contribution < 1.29 is 14.3 Å². The quantitative estimate of drug-likeness (QED) is 0.659. The lowest BCUT2D eigenvalue weighted by Gasteiger charge is -2.05. The lowest BCUT2D eigenvalue weighted by Crippen LogP contribution is -2.16. The molecular formula is C16H15N3O4S. The molecule has 0 aliphatic rings. The van der Waals surface area contributed by atoms with Gasteiger partial charge in [-0.25, -0.2) is 9.78 Å². The van der Waals surface area contributed by atoms with Gasteiger partial charge in [0.15, 0.2) is 0 Å². The molecule has 0 atom stereocenters. The summed E-state index contributed by atoms with van der Waals surface area (Å²) in [5.41, 5.74) is 0.513. The zero-order valence-corrected chi connectivity index (χ0v) is 14.0. The Morgan fingerprint density at radius 3 is 2.71 bits per heavy atom. The Bertz CT molecular complexity index is 931. The highest BCUT2D eigenvalue weighted by Gasteiger charge is 2.11. The van der Waals surface area contributed by atoms with Gasteiger partial charge in [-0.1, -0.05) is 18.3 Å². The fraction of sp³-hybridized carbons (Fsp3) is 0.250. The minimum atomic E-state index is -0.488. The number of carbonyl (C=O) groups excluding carboxylic acids is 1. The van der Waals surface area contributed by atoms with Gasteiger partial charge in [-0.2, -0.15) is 9.61 Å². The maximum atomic E-state index is 12.0. The van der Waals surface area contributed by atoms with Gasteiger partial charge in [0.25, 0.3) is 5.56 Å². The number of fused-ring (bicyclic) bond motifs is 1. The maximum Gasteiger partial charge on any atom is 0.338 e. The molecule has 7 nitrogen and oxygen atoms in total. The van der Waals surface area contributed by atoms with Crippen LogP contribution < -0.4 is 10.3 Å². The number of aromatic nitrogens is 3. The van der Waals surface area contributed by atoms with E-state index in [4.69, 9.17) is 9.47 Å². The second kappa shape index (κ2) is 6.79. The van der Waals surface area contributed by atoms with Crippen LogP contribution in [0.1, 0.15) is 28.0 Å². The van der Waals surface area contributed by atoms with Crippen LogP contribution in [0.4, 0.5) is 0 Å². The Kier molecular flexibility index (Phi) is 4.57. The topological polar surface area (TPSA) is 82.8 Å². The van der Waals surface area contributed by atoms with Crippen molar-refractivity contribution in [2.24, 2.45) is 0 Å². The number of methoxy groups -OCH3 is 1. The Morgan fingerprint density at radius 2 is 2.04 bits per heavy atom. The molecule has 0 saturated carbocycles. The molecule has 0 aliphatic heterocycles. The summed E-state index contributed by atoms with van der Waals surface area (Å²) in [5, 5.41) is 5.00. The summed E-state index contributed by atoms with van der Waals surface area (Å²) in [6, 6.07) is 7.91. The lowest BCUT2D eigenvalue weighted by molar-refractivity contribution is 0.0467. The summed E-state index contributed by atoms with van der Waals surface area (Å²) in [6.07, 6.45) is 0.731. The Labute approximate surface area is 141 Å². The van der Waals surface area contributed by atoms with Crippen molar-refractivity contribution in [1.82, 2.24) is 14.6 Å². The molecule has 24 heavy (non-hydrogen) atoms. The first-order chi connectivity index (χ1) is 11.6. The highest BCUT2D eigenvalue weighted by Crippen LogP contribution is 2.14. The largest absolute Gasteiger partial charge is 0.497 e.